The third-order valence-corrected chi connectivity index (χ3v) is 5.40. The fourth-order valence-electron chi connectivity index (χ4n) is 2.65. The van der Waals surface area contributed by atoms with Gasteiger partial charge in [-0.3, -0.25) is 9.36 Å². The molecule has 0 amide bonds. The summed E-state index contributed by atoms with van der Waals surface area (Å²) in [4.78, 5) is 12.8. The molecule has 2 aromatic heterocycles. The molecule has 4 rings (SSSR count). The predicted octanol–water partition coefficient (Wildman–Crippen LogP) is 3.23. The van der Waals surface area contributed by atoms with Crippen molar-refractivity contribution < 1.29 is 22.8 Å². The van der Waals surface area contributed by atoms with E-state index in [0.717, 1.165) is 16.2 Å². The Balaban J connectivity index is 1.89. The van der Waals surface area contributed by atoms with Crippen molar-refractivity contribution in [3.05, 3.63) is 44.0 Å². The lowest BCUT2D eigenvalue weighted by Crippen LogP contribution is -2.10. The van der Waals surface area contributed by atoms with Crippen LogP contribution in [-0.4, -0.2) is 29.2 Å². The molecule has 10 heteroatoms. The van der Waals surface area contributed by atoms with Crippen molar-refractivity contribution in [1.82, 2.24) is 9.72 Å². The van der Waals surface area contributed by atoms with Crippen LogP contribution in [0.3, 0.4) is 0 Å². The van der Waals surface area contributed by atoms with Gasteiger partial charge in [-0.2, -0.15) is 16.2 Å². The summed E-state index contributed by atoms with van der Waals surface area (Å²) in [6.45, 7) is 0.588. The molecule has 0 aliphatic carbocycles. The Morgan fingerprint density at radius 2 is 2.12 bits per heavy atom. The fourth-order valence-corrected chi connectivity index (χ4v) is 4.21. The second-order valence-corrected chi connectivity index (χ2v) is 7.26. The van der Waals surface area contributed by atoms with Crippen LogP contribution in [0.2, 0.25) is 0 Å². The number of fused-ring (bicyclic) bond motifs is 1. The number of hydrogen-bond acceptors (Lipinski definition) is 7. The lowest BCUT2D eigenvalue weighted by atomic mass is 10.1. The molecular formula is C15H12F2N2O4S2. The number of aromatic nitrogens is 2. The smallest absolute Gasteiger partial charge is 0.313 e. The Kier molecular flexibility index (Phi) is 4.36. The zero-order valence-corrected chi connectivity index (χ0v) is 14.6. The molecule has 0 N–H and O–H groups in total. The first kappa shape index (κ1) is 16.7. The van der Waals surface area contributed by atoms with Crippen LogP contribution in [0, 0.1) is 11.6 Å². The minimum absolute atomic E-state index is 0.0837. The zero-order valence-electron chi connectivity index (χ0n) is 13.0. The van der Waals surface area contributed by atoms with Crippen molar-refractivity contribution in [2.24, 2.45) is 0 Å². The van der Waals surface area contributed by atoms with Gasteiger partial charge in [-0.25, -0.2) is 4.39 Å². The Morgan fingerprint density at radius 1 is 1.36 bits per heavy atom. The van der Waals surface area contributed by atoms with Crippen molar-refractivity contribution in [2.45, 2.75) is 12.0 Å². The van der Waals surface area contributed by atoms with E-state index in [1.165, 1.54) is 10.6 Å². The first-order valence-corrected chi connectivity index (χ1v) is 9.52. The van der Waals surface area contributed by atoms with Gasteiger partial charge in [0.2, 0.25) is 11.4 Å². The second-order valence-electron chi connectivity index (χ2n) is 5.32. The van der Waals surface area contributed by atoms with Gasteiger partial charge >= 0.3 is 4.87 Å². The minimum Gasteiger partial charge on any atom is -0.351 e. The lowest BCUT2D eigenvalue weighted by Gasteiger charge is -2.11. The number of thioether (sulfide) groups is 1. The van der Waals surface area contributed by atoms with Gasteiger partial charge < -0.3 is 14.0 Å². The van der Waals surface area contributed by atoms with Crippen LogP contribution in [0.15, 0.2) is 21.6 Å². The molecule has 0 spiro atoms. The van der Waals surface area contributed by atoms with Crippen LogP contribution in [0.4, 0.5) is 8.78 Å². The van der Waals surface area contributed by atoms with Crippen LogP contribution < -0.4 is 4.87 Å². The molecule has 0 unspecified atom stereocenters. The number of ether oxygens (including phenoxy) is 2. The van der Waals surface area contributed by atoms with Gasteiger partial charge in [0.15, 0.2) is 17.9 Å². The Labute approximate surface area is 148 Å². The van der Waals surface area contributed by atoms with E-state index in [-0.39, 0.29) is 27.2 Å². The number of benzene rings is 1. The summed E-state index contributed by atoms with van der Waals surface area (Å²) < 4.78 is 45.4. The molecule has 1 saturated heterocycles. The van der Waals surface area contributed by atoms with E-state index in [1.54, 1.807) is 18.0 Å². The molecule has 25 heavy (non-hydrogen) atoms. The Bertz CT molecular complexity index is 991. The highest BCUT2D eigenvalue weighted by Gasteiger charge is 2.28. The van der Waals surface area contributed by atoms with E-state index in [4.69, 9.17) is 14.0 Å². The fraction of sp³-hybridized carbons (Fsp3) is 0.333. The van der Waals surface area contributed by atoms with E-state index in [1.807, 2.05) is 6.26 Å². The maximum Gasteiger partial charge on any atom is 0.313 e. The molecule has 3 heterocycles. The van der Waals surface area contributed by atoms with Gasteiger partial charge in [-0.15, -0.1) is 0 Å². The molecule has 0 atom stereocenters. The van der Waals surface area contributed by atoms with E-state index in [9.17, 15) is 13.6 Å². The van der Waals surface area contributed by atoms with Crippen LogP contribution in [0.1, 0.15) is 16.7 Å². The van der Waals surface area contributed by atoms with Crippen LogP contribution >= 0.6 is 23.1 Å². The third-order valence-electron chi connectivity index (χ3n) is 3.73. The normalized spacial score (nSPS) is 15.5. The van der Waals surface area contributed by atoms with Crippen molar-refractivity contribution in [2.75, 3.05) is 19.5 Å². The summed E-state index contributed by atoms with van der Waals surface area (Å²) in [7, 11) is 0. The molecule has 0 bridgehead atoms. The Hall–Kier alpha value is -1.75. The maximum atomic E-state index is 14.4. The van der Waals surface area contributed by atoms with Crippen LogP contribution in [0.25, 0.3) is 16.8 Å². The van der Waals surface area contributed by atoms with Gasteiger partial charge in [0, 0.05) is 22.4 Å². The van der Waals surface area contributed by atoms with Crippen molar-refractivity contribution in [3.8, 4) is 5.82 Å². The van der Waals surface area contributed by atoms with Gasteiger partial charge in [-0.1, -0.05) is 16.5 Å². The zero-order chi connectivity index (χ0) is 17.6. The largest absolute Gasteiger partial charge is 0.351 e. The van der Waals surface area contributed by atoms with Crippen LogP contribution in [-0.2, 0) is 15.2 Å². The molecule has 3 aromatic rings. The van der Waals surface area contributed by atoms with Gasteiger partial charge in [0.25, 0.3) is 0 Å². The number of rotatable bonds is 4. The summed E-state index contributed by atoms with van der Waals surface area (Å²) in [6, 6.07) is 1.36. The van der Waals surface area contributed by atoms with E-state index in [0.29, 0.717) is 19.0 Å². The van der Waals surface area contributed by atoms with Crippen molar-refractivity contribution >= 4 is 34.1 Å². The molecule has 1 fully saturated rings. The molecule has 1 aliphatic rings. The highest BCUT2D eigenvalue weighted by atomic mass is 32.2. The van der Waals surface area contributed by atoms with E-state index < -0.39 is 17.9 Å². The topological polar surface area (TPSA) is 66.5 Å². The first-order chi connectivity index (χ1) is 12.1. The SMILES string of the molecule is CSCc1cn(-c2noc3c(F)c(F)c(C4OCCO4)cc23)c(=O)s1. The average molecular weight is 386 g/mol. The van der Waals surface area contributed by atoms with Crippen LogP contribution in [0.5, 0.6) is 0 Å². The number of hydrogen-bond donors (Lipinski definition) is 0. The standard InChI is InChI=1S/C15H12F2N2O4S2/c1-24-6-7-5-19(15(20)25-7)13-9-4-8(14-21-2-3-22-14)10(16)11(17)12(9)23-18-13/h4-5,14H,2-3,6H2,1H3. The number of halogens is 2. The second kappa shape index (κ2) is 6.52. The first-order valence-electron chi connectivity index (χ1n) is 7.31. The number of thiazole rings is 1. The summed E-state index contributed by atoms with van der Waals surface area (Å²) >= 11 is 2.64. The maximum absolute atomic E-state index is 14.4. The Morgan fingerprint density at radius 3 is 2.84 bits per heavy atom. The van der Waals surface area contributed by atoms with Gasteiger partial charge in [-0.05, 0) is 12.3 Å². The van der Waals surface area contributed by atoms with Crippen molar-refractivity contribution in [3.63, 3.8) is 0 Å². The summed E-state index contributed by atoms with van der Waals surface area (Å²) in [6.07, 6.45) is 2.56. The molecule has 0 radical (unpaired) electrons. The average Bonchev–Trinajstić information content (AvgIpc) is 3.30. The molecule has 132 valence electrons. The predicted molar refractivity (Wildman–Crippen MR) is 89.3 cm³/mol. The minimum atomic E-state index is -1.18. The molecule has 6 nitrogen and oxygen atoms in total. The number of nitrogens with zero attached hydrogens (tertiary/aromatic N) is 2. The monoisotopic (exact) mass is 386 g/mol. The quantitative estimate of drug-likeness (QED) is 0.686. The summed E-state index contributed by atoms with van der Waals surface area (Å²) in [5, 5.41) is 3.95. The summed E-state index contributed by atoms with van der Waals surface area (Å²) in [5.41, 5.74) is -0.432. The van der Waals surface area contributed by atoms with Gasteiger partial charge in [0.1, 0.15) is 0 Å². The molecule has 1 aliphatic heterocycles. The highest BCUT2D eigenvalue weighted by Crippen LogP contribution is 2.34. The van der Waals surface area contributed by atoms with Gasteiger partial charge in [0.05, 0.1) is 18.6 Å². The lowest BCUT2D eigenvalue weighted by molar-refractivity contribution is -0.0467. The molecular weight excluding hydrogens is 374 g/mol. The molecule has 1 aromatic carbocycles. The van der Waals surface area contributed by atoms with Crippen molar-refractivity contribution in [1.29, 1.82) is 0 Å². The third kappa shape index (κ3) is 2.78. The highest BCUT2D eigenvalue weighted by molar-refractivity contribution is 7.97. The molecule has 0 saturated carbocycles. The van der Waals surface area contributed by atoms with E-state index in [2.05, 4.69) is 5.16 Å². The van der Waals surface area contributed by atoms with E-state index >= 15 is 0 Å². The summed E-state index contributed by atoms with van der Waals surface area (Å²) in [5.74, 6) is -1.51.